The third kappa shape index (κ3) is 3.21. The number of nitrogens with zero attached hydrogens (tertiary/aromatic N) is 1. The van der Waals surface area contributed by atoms with E-state index in [1.54, 1.807) is 12.4 Å². The van der Waals surface area contributed by atoms with Gasteiger partial charge in [-0.15, -0.1) is 0 Å². The normalized spacial score (nSPS) is 17.0. The van der Waals surface area contributed by atoms with E-state index in [1.807, 2.05) is 24.3 Å². The summed E-state index contributed by atoms with van der Waals surface area (Å²) < 4.78 is 5.81. The summed E-state index contributed by atoms with van der Waals surface area (Å²) in [5.41, 5.74) is 8.98. The van der Waals surface area contributed by atoms with E-state index in [1.165, 1.54) is 11.1 Å². The number of primary amides is 1. The molecule has 1 aromatic heterocycles. The predicted molar refractivity (Wildman–Crippen MR) is 79.7 cm³/mol. The molecule has 0 fully saturated rings. The Morgan fingerprint density at radius 3 is 2.81 bits per heavy atom. The third-order valence-corrected chi connectivity index (χ3v) is 3.96. The van der Waals surface area contributed by atoms with E-state index in [4.69, 9.17) is 10.5 Å². The second-order valence-corrected chi connectivity index (χ2v) is 5.42. The number of pyridine rings is 1. The monoisotopic (exact) mass is 282 g/mol. The lowest BCUT2D eigenvalue weighted by Gasteiger charge is -2.22. The van der Waals surface area contributed by atoms with Gasteiger partial charge in [0.05, 0.1) is 0 Å². The summed E-state index contributed by atoms with van der Waals surface area (Å²) in [5, 5.41) is 0. The van der Waals surface area contributed by atoms with Gasteiger partial charge in [-0.05, 0) is 60.2 Å². The molecule has 3 rings (SSSR count). The molecule has 1 aliphatic carbocycles. The number of nitrogens with two attached hydrogens (primary N) is 1. The van der Waals surface area contributed by atoms with E-state index < -0.39 is 0 Å². The van der Waals surface area contributed by atoms with Crippen molar-refractivity contribution in [2.45, 2.75) is 25.9 Å². The Hall–Kier alpha value is -2.36. The van der Waals surface area contributed by atoms with Crippen LogP contribution in [-0.2, 0) is 24.2 Å². The molecule has 21 heavy (non-hydrogen) atoms. The Kier molecular flexibility index (Phi) is 3.86. The standard InChI is InChI=1S/C17H18N2O2/c18-17(20)14-2-1-13-3-4-16(10-15(13)9-14)21-11-12-5-7-19-8-6-12/h3-8,10,14H,1-2,9,11H2,(H2,18,20). The molecule has 0 saturated carbocycles. The largest absolute Gasteiger partial charge is 0.489 e. The molecule has 0 saturated heterocycles. The van der Waals surface area contributed by atoms with Crippen LogP contribution < -0.4 is 10.5 Å². The molecule has 4 heteroatoms. The van der Waals surface area contributed by atoms with E-state index >= 15 is 0 Å². The lowest BCUT2D eigenvalue weighted by atomic mass is 9.83. The summed E-state index contributed by atoms with van der Waals surface area (Å²) in [6.45, 7) is 0.514. The van der Waals surface area contributed by atoms with Crippen molar-refractivity contribution in [2.75, 3.05) is 0 Å². The first-order chi connectivity index (χ1) is 10.2. The van der Waals surface area contributed by atoms with E-state index in [0.717, 1.165) is 30.6 Å². The zero-order chi connectivity index (χ0) is 14.7. The molecule has 1 amide bonds. The Morgan fingerprint density at radius 1 is 1.24 bits per heavy atom. The summed E-state index contributed by atoms with van der Waals surface area (Å²) >= 11 is 0. The molecule has 2 N–H and O–H groups in total. The first kappa shape index (κ1) is 13.6. The van der Waals surface area contributed by atoms with Gasteiger partial charge in [0.25, 0.3) is 0 Å². The smallest absolute Gasteiger partial charge is 0.220 e. The average Bonchev–Trinajstić information content (AvgIpc) is 2.53. The first-order valence-corrected chi connectivity index (χ1v) is 7.15. The Balaban J connectivity index is 1.71. The zero-order valence-corrected chi connectivity index (χ0v) is 11.8. The Morgan fingerprint density at radius 2 is 2.05 bits per heavy atom. The topological polar surface area (TPSA) is 65.2 Å². The maximum absolute atomic E-state index is 11.3. The maximum atomic E-state index is 11.3. The van der Waals surface area contributed by atoms with Crippen LogP contribution in [0.25, 0.3) is 0 Å². The molecule has 2 aromatic rings. The van der Waals surface area contributed by atoms with Crippen LogP contribution in [-0.4, -0.2) is 10.9 Å². The van der Waals surface area contributed by atoms with Gasteiger partial charge >= 0.3 is 0 Å². The second-order valence-electron chi connectivity index (χ2n) is 5.42. The van der Waals surface area contributed by atoms with Crippen LogP contribution in [0.1, 0.15) is 23.1 Å². The van der Waals surface area contributed by atoms with Crippen molar-refractivity contribution < 1.29 is 9.53 Å². The molecule has 1 aliphatic rings. The summed E-state index contributed by atoms with van der Waals surface area (Å²) in [4.78, 5) is 15.3. The molecule has 4 nitrogen and oxygen atoms in total. The van der Waals surface area contributed by atoms with Crippen molar-refractivity contribution in [3.8, 4) is 5.75 Å². The minimum atomic E-state index is -0.205. The highest BCUT2D eigenvalue weighted by molar-refractivity contribution is 5.77. The summed E-state index contributed by atoms with van der Waals surface area (Å²) in [5.74, 6) is 0.576. The number of carbonyl (C=O) groups excluding carboxylic acids is 1. The summed E-state index contributed by atoms with van der Waals surface area (Å²) in [7, 11) is 0. The maximum Gasteiger partial charge on any atom is 0.220 e. The zero-order valence-electron chi connectivity index (χ0n) is 11.8. The number of amides is 1. The lowest BCUT2D eigenvalue weighted by Crippen LogP contribution is -2.28. The molecule has 108 valence electrons. The van der Waals surface area contributed by atoms with Gasteiger partial charge in [0.15, 0.2) is 0 Å². The van der Waals surface area contributed by atoms with E-state index in [2.05, 4.69) is 11.1 Å². The Bertz CT molecular complexity index is 640. The average molecular weight is 282 g/mol. The Labute approximate surface area is 124 Å². The van der Waals surface area contributed by atoms with E-state index in [9.17, 15) is 4.79 Å². The highest BCUT2D eigenvalue weighted by Crippen LogP contribution is 2.28. The fourth-order valence-corrected chi connectivity index (χ4v) is 2.71. The summed E-state index contributed by atoms with van der Waals surface area (Å²) in [6, 6.07) is 9.98. The van der Waals surface area contributed by atoms with Crippen molar-refractivity contribution in [3.05, 3.63) is 59.4 Å². The number of hydrogen-bond acceptors (Lipinski definition) is 3. The molecule has 0 spiro atoms. The second kappa shape index (κ2) is 5.95. The number of aromatic nitrogens is 1. The molecule has 0 bridgehead atoms. The van der Waals surface area contributed by atoms with Crippen LogP contribution in [0.2, 0.25) is 0 Å². The van der Waals surface area contributed by atoms with Crippen LogP contribution in [0, 0.1) is 5.92 Å². The SMILES string of the molecule is NC(=O)C1CCc2ccc(OCc3ccncc3)cc2C1. The van der Waals surface area contributed by atoms with Crippen LogP contribution in [0.15, 0.2) is 42.7 Å². The summed E-state index contributed by atoms with van der Waals surface area (Å²) in [6.07, 6.45) is 5.98. The van der Waals surface area contributed by atoms with Gasteiger partial charge in [0.2, 0.25) is 5.91 Å². The highest BCUT2D eigenvalue weighted by Gasteiger charge is 2.22. The van der Waals surface area contributed by atoms with Gasteiger partial charge in [0.1, 0.15) is 12.4 Å². The van der Waals surface area contributed by atoms with Crippen LogP contribution in [0.4, 0.5) is 0 Å². The number of ether oxygens (including phenoxy) is 1. The van der Waals surface area contributed by atoms with Crippen LogP contribution in [0.3, 0.4) is 0 Å². The number of hydrogen-bond donors (Lipinski definition) is 1. The molecule has 0 radical (unpaired) electrons. The molecular formula is C17H18N2O2. The van der Waals surface area contributed by atoms with Crippen molar-refractivity contribution in [1.29, 1.82) is 0 Å². The van der Waals surface area contributed by atoms with Gasteiger partial charge in [-0.2, -0.15) is 0 Å². The van der Waals surface area contributed by atoms with Crippen molar-refractivity contribution in [2.24, 2.45) is 11.7 Å². The number of benzene rings is 1. The first-order valence-electron chi connectivity index (χ1n) is 7.15. The van der Waals surface area contributed by atoms with Crippen molar-refractivity contribution >= 4 is 5.91 Å². The van der Waals surface area contributed by atoms with Gasteiger partial charge in [0, 0.05) is 18.3 Å². The third-order valence-electron chi connectivity index (χ3n) is 3.96. The highest BCUT2D eigenvalue weighted by atomic mass is 16.5. The fourth-order valence-electron chi connectivity index (χ4n) is 2.71. The molecular weight excluding hydrogens is 264 g/mol. The van der Waals surface area contributed by atoms with Crippen molar-refractivity contribution in [1.82, 2.24) is 4.98 Å². The number of fused-ring (bicyclic) bond motifs is 1. The van der Waals surface area contributed by atoms with Gasteiger partial charge < -0.3 is 10.5 Å². The van der Waals surface area contributed by atoms with Crippen LogP contribution >= 0.6 is 0 Å². The number of aryl methyl sites for hydroxylation is 1. The van der Waals surface area contributed by atoms with E-state index in [0.29, 0.717) is 6.61 Å². The van der Waals surface area contributed by atoms with E-state index in [-0.39, 0.29) is 11.8 Å². The fraction of sp³-hybridized carbons (Fsp3) is 0.294. The quantitative estimate of drug-likeness (QED) is 0.935. The van der Waals surface area contributed by atoms with Crippen molar-refractivity contribution in [3.63, 3.8) is 0 Å². The predicted octanol–water partition coefficient (Wildman–Crippen LogP) is 2.25. The van der Waals surface area contributed by atoms with Crippen LogP contribution in [0.5, 0.6) is 5.75 Å². The lowest BCUT2D eigenvalue weighted by molar-refractivity contribution is -0.122. The minimum Gasteiger partial charge on any atom is -0.489 e. The molecule has 1 unspecified atom stereocenters. The number of carbonyl (C=O) groups is 1. The minimum absolute atomic E-state index is 0.0482. The molecule has 1 atom stereocenters. The van der Waals surface area contributed by atoms with Gasteiger partial charge in [-0.25, -0.2) is 0 Å². The molecule has 1 heterocycles. The molecule has 0 aliphatic heterocycles. The number of rotatable bonds is 4. The van der Waals surface area contributed by atoms with Gasteiger partial charge in [-0.3, -0.25) is 9.78 Å². The molecule has 1 aromatic carbocycles. The van der Waals surface area contributed by atoms with Gasteiger partial charge in [-0.1, -0.05) is 6.07 Å².